The Kier molecular flexibility index (Phi) is 11.4. The highest BCUT2D eigenvalue weighted by molar-refractivity contribution is 9.10. The molecule has 45 heavy (non-hydrogen) atoms. The second-order valence-electron chi connectivity index (χ2n) is 11.5. The Labute approximate surface area is 283 Å². The van der Waals surface area contributed by atoms with E-state index in [9.17, 15) is 18.0 Å². The third-order valence-corrected chi connectivity index (χ3v) is 9.62. The molecule has 2 amide bonds. The number of nitrogens with zero attached hydrogens (tertiary/aromatic N) is 2. The van der Waals surface area contributed by atoms with E-state index in [4.69, 9.17) is 23.2 Å². The van der Waals surface area contributed by atoms with Crippen LogP contribution in [-0.2, 0) is 32.6 Å². The fourth-order valence-corrected chi connectivity index (χ4v) is 7.08. The number of anilines is 1. The van der Waals surface area contributed by atoms with Crippen LogP contribution < -0.4 is 9.62 Å². The van der Waals surface area contributed by atoms with Crippen molar-refractivity contribution in [3.63, 3.8) is 0 Å². The van der Waals surface area contributed by atoms with Crippen LogP contribution in [0.5, 0.6) is 0 Å². The van der Waals surface area contributed by atoms with Gasteiger partial charge in [-0.2, -0.15) is 0 Å². The first-order chi connectivity index (χ1) is 21.2. The van der Waals surface area contributed by atoms with E-state index >= 15 is 0 Å². The monoisotopic (exact) mass is 729 g/mol. The van der Waals surface area contributed by atoms with Gasteiger partial charge in [0.05, 0.1) is 15.6 Å². The van der Waals surface area contributed by atoms with Gasteiger partial charge in [-0.1, -0.05) is 99.8 Å². The van der Waals surface area contributed by atoms with Crippen LogP contribution in [0.25, 0.3) is 0 Å². The van der Waals surface area contributed by atoms with Crippen LogP contribution in [0.4, 0.5) is 5.69 Å². The SMILES string of the molecule is CC(C)(C)NC(=O)C(Cc1ccccc1)N(Cc1cccc(Br)c1)C(=O)CN(c1cc(Cl)ccc1Cl)S(=O)(=O)c1ccccc1. The van der Waals surface area contributed by atoms with Crippen LogP contribution >= 0.6 is 39.1 Å². The maximum Gasteiger partial charge on any atom is 0.264 e. The van der Waals surface area contributed by atoms with E-state index in [0.717, 1.165) is 19.9 Å². The molecule has 0 spiro atoms. The molecule has 7 nitrogen and oxygen atoms in total. The smallest absolute Gasteiger partial charge is 0.264 e. The summed E-state index contributed by atoms with van der Waals surface area (Å²) in [6.07, 6.45) is 0.200. The highest BCUT2D eigenvalue weighted by atomic mass is 79.9. The summed E-state index contributed by atoms with van der Waals surface area (Å²) in [4.78, 5) is 29.9. The van der Waals surface area contributed by atoms with E-state index in [2.05, 4.69) is 21.2 Å². The van der Waals surface area contributed by atoms with E-state index in [1.54, 1.807) is 18.2 Å². The molecule has 1 atom stereocenters. The Bertz CT molecular complexity index is 1750. The van der Waals surface area contributed by atoms with Crippen molar-refractivity contribution < 1.29 is 18.0 Å². The summed E-state index contributed by atoms with van der Waals surface area (Å²) >= 11 is 16.3. The van der Waals surface area contributed by atoms with E-state index in [1.165, 1.54) is 35.2 Å². The lowest BCUT2D eigenvalue weighted by Gasteiger charge is -2.35. The molecule has 0 heterocycles. The van der Waals surface area contributed by atoms with Gasteiger partial charge in [-0.15, -0.1) is 0 Å². The minimum absolute atomic E-state index is 0.0290. The molecule has 4 rings (SSSR count). The molecular weight excluding hydrogens is 697 g/mol. The first kappa shape index (κ1) is 34.5. The largest absolute Gasteiger partial charge is 0.350 e. The van der Waals surface area contributed by atoms with Crippen molar-refractivity contribution in [2.45, 2.75) is 50.2 Å². The lowest BCUT2D eigenvalue weighted by Crippen LogP contribution is -2.56. The van der Waals surface area contributed by atoms with Crippen LogP contribution in [0.15, 0.2) is 112 Å². The molecule has 4 aromatic rings. The van der Waals surface area contributed by atoms with E-state index < -0.39 is 34.1 Å². The van der Waals surface area contributed by atoms with Gasteiger partial charge in [-0.25, -0.2) is 8.42 Å². The number of nitrogens with one attached hydrogen (secondary N) is 1. The standard InChI is InChI=1S/C34H34BrCl2N3O4S/c1-34(2,3)38-33(42)31(20-24-11-6-4-7-12-24)39(22-25-13-10-14-26(35)19-25)32(41)23-40(30-21-27(36)17-18-29(30)37)45(43,44)28-15-8-5-9-16-28/h4-19,21,31H,20,22-23H2,1-3H3,(H,38,42). The van der Waals surface area contributed by atoms with Gasteiger partial charge >= 0.3 is 0 Å². The molecule has 0 aromatic heterocycles. The molecule has 4 aromatic carbocycles. The number of halogens is 3. The fraction of sp³-hybridized carbons (Fsp3) is 0.235. The maximum absolute atomic E-state index is 14.5. The summed E-state index contributed by atoms with van der Waals surface area (Å²) in [5, 5.41) is 3.35. The molecule has 236 valence electrons. The van der Waals surface area contributed by atoms with Crippen LogP contribution in [0, 0.1) is 0 Å². The molecule has 1 unspecified atom stereocenters. The number of sulfonamides is 1. The number of hydrogen-bond acceptors (Lipinski definition) is 4. The number of rotatable bonds is 11. The predicted octanol–water partition coefficient (Wildman–Crippen LogP) is 7.51. The molecule has 0 aliphatic heterocycles. The lowest BCUT2D eigenvalue weighted by atomic mass is 10.0. The lowest BCUT2D eigenvalue weighted by molar-refractivity contribution is -0.140. The Balaban J connectivity index is 1.84. The Hall–Kier alpha value is -3.37. The molecule has 0 radical (unpaired) electrons. The molecule has 0 bridgehead atoms. The summed E-state index contributed by atoms with van der Waals surface area (Å²) in [5.74, 6) is -0.969. The van der Waals surface area contributed by atoms with Gasteiger partial charge in [0, 0.05) is 28.0 Å². The molecule has 0 aliphatic carbocycles. The Morgan fingerprint density at radius 2 is 1.47 bits per heavy atom. The van der Waals surface area contributed by atoms with Crippen LogP contribution in [0.1, 0.15) is 31.9 Å². The molecule has 0 saturated carbocycles. The van der Waals surface area contributed by atoms with Crippen LogP contribution in [0.3, 0.4) is 0 Å². The zero-order valence-corrected chi connectivity index (χ0v) is 29.0. The summed E-state index contributed by atoms with van der Waals surface area (Å²) in [7, 11) is -4.30. The van der Waals surface area contributed by atoms with Crippen LogP contribution in [-0.4, -0.2) is 43.3 Å². The van der Waals surface area contributed by atoms with Gasteiger partial charge < -0.3 is 10.2 Å². The van der Waals surface area contributed by atoms with Gasteiger partial charge in [0.1, 0.15) is 12.6 Å². The van der Waals surface area contributed by atoms with Gasteiger partial charge in [-0.05, 0) is 74.4 Å². The molecule has 0 fully saturated rings. The minimum Gasteiger partial charge on any atom is -0.350 e. The molecule has 1 N–H and O–H groups in total. The zero-order valence-electron chi connectivity index (χ0n) is 25.1. The summed E-state index contributed by atoms with van der Waals surface area (Å²) < 4.78 is 30.0. The van der Waals surface area contributed by atoms with Gasteiger partial charge in [0.15, 0.2) is 0 Å². The van der Waals surface area contributed by atoms with E-state index in [1.807, 2.05) is 75.4 Å². The van der Waals surface area contributed by atoms with Crippen molar-refractivity contribution in [3.05, 3.63) is 129 Å². The van der Waals surface area contributed by atoms with E-state index in [0.29, 0.717) is 0 Å². The fourth-order valence-electron chi connectivity index (χ4n) is 4.75. The summed E-state index contributed by atoms with van der Waals surface area (Å²) in [6.45, 7) is 4.98. The third kappa shape index (κ3) is 9.33. The van der Waals surface area contributed by atoms with Crippen LogP contribution in [0.2, 0.25) is 10.0 Å². The second-order valence-corrected chi connectivity index (χ2v) is 15.1. The molecule has 0 saturated heterocycles. The molecule has 0 aliphatic rings. The normalized spacial score (nSPS) is 12.3. The van der Waals surface area contributed by atoms with Gasteiger partial charge in [0.25, 0.3) is 10.0 Å². The molecular formula is C34H34BrCl2N3O4S. The second kappa shape index (κ2) is 14.8. The average Bonchev–Trinajstić information content (AvgIpc) is 2.99. The number of amides is 2. The highest BCUT2D eigenvalue weighted by Gasteiger charge is 2.36. The summed E-state index contributed by atoms with van der Waals surface area (Å²) in [5.41, 5.74) is 1.04. The highest BCUT2D eigenvalue weighted by Crippen LogP contribution is 2.33. The molecule has 11 heteroatoms. The number of benzene rings is 4. The number of carbonyl (C=O) groups excluding carboxylic acids is 2. The van der Waals surface area contributed by atoms with Crippen molar-refractivity contribution in [1.82, 2.24) is 10.2 Å². The maximum atomic E-state index is 14.5. The average molecular weight is 732 g/mol. The third-order valence-electron chi connectivity index (χ3n) is 6.80. The van der Waals surface area contributed by atoms with Crippen molar-refractivity contribution in [2.75, 3.05) is 10.8 Å². The van der Waals surface area contributed by atoms with Crippen molar-refractivity contribution in [3.8, 4) is 0 Å². The summed E-state index contributed by atoms with van der Waals surface area (Å²) in [6, 6.07) is 28.0. The quantitative estimate of drug-likeness (QED) is 0.173. The first-order valence-corrected chi connectivity index (χ1v) is 17.2. The van der Waals surface area contributed by atoms with Crippen molar-refractivity contribution in [2.24, 2.45) is 0 Å². The van der Waals surface area contributed by atoms with Crippen molar-refractivity contribution >= 4 is 66.7 Å². The van der Waals surface area contributed by atoms with Gasteiger partial charge in [-0.3, -0.25) is 13.9 Å². The zero-order chi connectivity index (χ0) is 32.8. The predicted molar refractivity (Wildman–Crippen MR) is 184 cm³/mol. The first-order valence-electron chi connectivity index (χ1n) is 14.2. The van der Waals surface area contributed by atoms with E-state index in [-0.39, 0.29) is 39.5 Å². The van der Waals surface area contributed by atoms with Gasteiger partial charge in [0.2, 0.25) is 11.8 Å². The Morgan fingerprint density at radius 1 is 0.844 bits per heavy atom. The number of carbonyl (C=O) groups is 2. The number of hydrogen-bond donors (Lipinski definition) is 1. The Morgan fingerprint density at radius 3 is 2.09 bits per heavy atom. The minimum atomic E-state index is -4.30. The van der Waals surface area contributed by atoms with Crippen molar-refractivity contribution in [1.29, 1.82) is 0 Å². The topological polar surface area (TPSA) is 86.8 Å².